The Kier molecular flexibility index (Phi) is 34.6. The van der Waals surface area contributed by atoms with Gasteiger partial charge in [0.05, 0.1) is 0 Å². The van der Waals surface area contributed by atoms with Crippen LogP contribution in [-0.4, -0.2) is 13.0 Å². The summed E-state index contributed by atoms with van der Waals surface area (Å²) < 4.78 is 0. The Morgan fingerprint density at radius 3 is 1.64 bits per heavy atom. The summed E-state index contributed by atoms with van der Waals surface area (Å²) in [5.41, 5.74) is 0. The molecule has 0 bridgehead atoms. The number of carbonyl (C=O) groups is 1. The molecule has 1 N–H and O–H groups in total. The average molecular weight is 159 g/mol. The van der Waals surface area contributed by atoms with E-state index in [1.165, 1.54) is 6.08 Å². The molecule has 0 unspecified atom stereocenters. The molecule has 0 aliphatic carbocycles. The number of hydrogen-bond acceptors (Lipinski definition) is 1. The highest BCUT2D eigenvalue weighted by Gasteiger charge is 1.81. The highest BCUT2D eigenvalue weighted by molar-refractivity contribution is 5.86. The highest BCUT2D eigenvalue weighted by Crippen LogP contribution is 1.66. The van der Waals surface area contributed by atoms with Crippen molar-refractivity contribution in [1.82, 2.24) is 5.32 Å². The van der Waals surface area contributed by atoms with Crippen LogP contribution >= 0.6 is 0 Å². The van der Waals surface area contributed by atoms with E-state index in [-0.39, 0.29) is 5.91 Å². The van der Waals surface area contributed by atoms with E-state index in [2.05, 4.69) is 5.32 Å². The van der Waals surface area contributed by atoms with E-state index in [9.17, 15) is 4.79 Å². The molecule has 0 fully saturated rings. The van der Waals surface area contributed by atoms with E-state index in [1.807, 2.05) is 27.7 Å². The fourth-order valence-corrected chi connectivity index (χ4v) is 0.235. The molecule has 11 heavy (non-hydrogen) atoms. The van der Waals surface area contributed by atoms with Gasteiger partial charge in [-0.25, -0.2) is 0 Å². The average Bonchev–Trinajstić information content (AvgIpc) is 2.12. The van der Waals surface area contributed by atoms with E-state index in [0.29, 0.717) is 0 Å². The number of hydrogen-bond donors (Lipinski definition) is 1. The van der Waals surface area contributed by atoms with Crippen molar-refractivity contribution in [2.75, 3.05) is 7.05 Å². The second-order valence-corrected chi connectivity index (χ2v) is 1.11. The summed E-state index contributed by atoms with van der Waals surface area (Å²) in [6, 6.07) is 0. The molecule has 0 aromatic carbocycles. The largest absolute Gasteiger partial charge is 0.356 e. The molecular formula is C9H21NO. The van der Waals surface area contributed by atoms with Gasteiger partial charge < -0.3 is 5.32 Å². The van der Waals surface area contributed by atoms with Crippen molar-refractivity contribution < 1.29 is 4.79 Å². The van der Waals surface area contributed by atoms with Crippen molar-refractivity contribution in [3.63, 3.8) is 0 Å². The maximum atomic E-state index is 10.2. The van der Waals surface area contributed by atoms with Crippen molar-refractivity contribution in [2.45, 2.75) is 34.6 Å². The monoisotopic (exact) mass is 159 g/mol. The molecule has 0 saturated carbocycles. The van der Waals surface area contributed by atoms with Gasteiger partial charge in [-0.15, -0.1) is 0 Å². The zero-order chi connectivity index (χ0) is 9.70. The van der Waals surface area contributed by atoms with Gasteiger partial charge in [0.2, 0.25) is 5.91 Å². The molecule has 0 heterocycles. The number of carbonyl (C=O) groups excluding carboxylic acids is 1. The molecule has 2 heteroatoms. The third-order valence-electron chi connectivity index (χ3n) is 0.564. The maximum Gasteiger partial charge on any atom is 0.243 e. The third-order valence-corrected chi connectivity index (χ3v) is 0.564. The van der Waals surface area contributed by atoms with E-state index >= 15 is 0 Å². The second-order valence-electron chi connectivity index (χ2n) is 1.11. The molecule has 0 aromatic heterocycles. The fourth-order valence-electron chi connectivity index (χ4n) is 0.235. The first kappa shape index (κ1) is 16.7. The number of allylic oxidation sites excluding steroid dienone is 1. The molecule has 0 aliphatic rings. The molecule has 0 spiro atoms. The van der Waals surface area contributed by atoms with Gasteiger partial charge >= 0.3 is 0 Å². The Morgan fingerprint density at radius 2 is 1.55 bits per heavy atom. The minimum Gasteiger partial charge on any atom is -0.356 e. The predicted molar refractivity (Wildman–Crippen MR) is 51.6 cm³/mol. The van der Waals surface area contributed by atoms with Crippen molar-refractivity contribution in [1.29, 1.82) is 0 Å². The first-order chi connectivity index (χ1) is 5.31. The Bertz CT molecular complexity index is 87.6. The minimum atomic E-state index is -0.0532. The number of rotatable bonds is 1. The van der Waals surface area contributed by atoms with Crippen LogP contribution in [0.1, 0.15) is 34.6 Å². The van der Waals surface area contributed by atoms with Crippen LogP contribution in [0, 0.1) is 0 Å². The normalized spacial score (nSPS) is 7.09. The molecule has 68 valence electrons. The summed E-state index contributed by atoms with van der Waals surface area (Å²) in [5, 5.41) is 2.44. The van der Waals surface area contributed by atoms with Gasteiger partial charge in [-0.3, -0.25) is 4.79 Å². The van der Waals surface area contributed by atoms with Crippen LogP contribution < -0.4 is 5.32 Å². The van der Waals surface area contributed by atoms with Crippen LogP contribution in [-0.2, 0) is 4.79 Å². The van der Waals surface area contributed by atoms with E-state index in [1.54, 1.807) is 20.0 Å². The van der Waals surface area contributed by atoms with Crippen molar-refractivity contribution in [3.8, 4) is 0 Å². The standard InChI is InChI=1S/C5H9NO.2C2H6/c1-3-4-5(7)6-2;2*1-2/h3-4H,1-2H3,(H,6,7);2*1-2H3/b4-3-;;. The molecule has 2 nitrogen and oxygen atoms in total. The van der Waals surface area contributed by atoms with Crippen LogP contribution in [0.5, 0.6) is 0 Å². The zero-order valence-corrected chi connectivity index (χ0v) is 8.56. The SMILES string of the molecule is C/C=C\C(=O)NC.CC.CC. The highest BCUT2D eigenvalue weighted by atomic mass is 16.1. The van der Waals surface area contributed by atoms with Crippen LogP contribution in [0.3, 0.4) is 0 Å². The summed E-state index contributed by atoms with van der Waals surface area (Å²) in [5.74, 6) is -0.0532. The summed E-state index contributed by atoms with van der Waals surface area (Å²) in [6.45, 7) is 9.80. The van der Waals surface area contributed by atoms with Crippen molar-refractivity contribution in [3.05, 3.63) is 12.2 Å². The molecule has 0 aromatic rings. The van der Waals surface area contributed by atoms with E-state index in [4.69, 9.17) is 0 Å². The first-order valence-electron chi connectivity index (χ1n) is 4.15. The van der Waals surface area contributed by atoms with Gasteiger partial charge in [-0.1, -0.05) is 33.8 Å². The van der Waals surface area contributed by atoms with Crippen LogP contribution in [0.4, 0.5) is 0 Å². The second kappa shape index (κ2) is 22.9. The lowest BCUT2D eigenvalue weighted by Crippen LogP contribution is -2.13. The molecule has 1 amide bonds. The number of likely N-dealkylation sites (N-methyl/N-ethyl adjacent to an activating group) is 1. The zero-order valence-electron chi connectivity index (χ0n) is 8.56. The summed E-state index contributed by atoms with van der Waals surface area (Å²) >= 11 is 0. The van der Waals surface area contributed by atoms with Crippen LogP contribution in [0.15, 0.2) is 12.2 Å². The van der Waals surface area contributed by atoms with Crippen LogP contribution in [0.2, 0.25) is 0 Å². The summed E-state index contributed by atoms with van der Waals surface area (Å²) in [6.07, 6.45) is 3.17. The van der Waals surface area contributed by atoms with Crippen LogP contribution in [0.25, 0.3) is 0 Å². The number of nitrogens with one attached hydrogen (secondary N) is 1. The molecule has 0 rings (SSSR count). The molecule has 0 aliphatic heterocycles. The molecule has 0 radical (unpaired) electrons. The Balaban J connectivity index is -0.000000138. The summed E-state index contributed by atoms with van der Waals surface area (Å²) in [7, 11) is 1.60. The predicted octanol–water partition coefficient (Wildman–Crippen LogP) is 2.36. The van der Waals surface area contributed by atoms with Gasteiger partial charge in [0, 0.05) is 7.05 Å². The maximum absolute atomic E-state index is 10.2. The number of amides is 1. The van der Waals surface area contributed by atoms with Gasteiger partial charge in [-0.05, 0) is 13.0 Å². The quantitative estimate of drug-likeness (QED) is 0.585. The molecule has 0 saturated heterocycles. The third kappa shape index (κ3) is 27.0. The molecule has 0 atom stereocenters. The lowest BCUT2D eigenvalue weighted by Gasteiger charge is -1.84. The van der Waals surface area contributed by atoms with Gasteiger partial charge in [0.15, 0.2) is 0 Å². The lowest BCUT2D eigenvalue weighted by molar-refractivity contribution is -0.116. The van der Waals surface area contributed by atoms with Gasteiger partial charge in [0.1, 0.15) is 0 Å². The fraction of sp³-hybridized carbons (Fsp3) is 0.667. The topological polar surface area (TPSA) is 29.1 Å². The molecular weight excluding hydrogens is 138 g/mol. The Labute approximate surface area is 70.7 Å². The van der Waals surface area contributed by atoms with E-state index in [0.717, 1.165) is 0 Å². The minimum absolute atomic E-state index is 0.0532. The smallest absolute Gasteiger partial charge is 0.243 e. The van der Waals surface area contributed by atoms with E-state index < -0.39 is 0 Å². The Morgan fingerprint density at radius 1 is 1.18 bits per heavy atom. The lowest BCUT2D eigenvalue weighted by atomic mass is 10.5. The van der Waals surface area contributed by atoms with Gasteiger partial charge in [0.25, 0.3) is 0 Å². The first-order valence-corrected chi connectivity index (χ1v) is 4.15. The summed E-state index contributed by atoms with van der Waals surface area (Å²) in [4.78, 5) is 10.2. The van der Waals surface area contributed by atoms with Crippen molar-refractivity contribution in [2.24, 2.45) is 0 Å². The van der Waals surface area contributed by atoms with Crippen molar-refractivity contribution >= 4 is 5.91 Å². The van der Waals surface area contributed by atoms with Gasteiger partial charge in [-0.2, -0.15) is 0 Å². The Hall–Kier alpha value is -0.790.